The van der Waals surface area contributed by atoms with Crippen molar-refractivity contribution in [1.29, 1.82) is 0 Å². The molecule has 0 bridgehead atoms. The fourth-order valence-corrected chi connectivity index (χ4v) is 2.40. The first-order chi connectivity index (χ1) is 8.15. The zero-order chi connectivity index (χ0) is 12.3. The van der Waals surface area contributed by atoms with Gasteiger partial charge in [-0.15, -0.1) is 0 Å². The average molecular weight is 273 g/mol. The van der Waals surface area contributed by atoms with Gasteiger partial charge in [0.2, 0.25) is 0 Å². The van der Waals surface area contributed by atoms with Crippen LogP contribution in [0.25, 0.3) is 11.1 Å². The molecule has 2 aromatic carbocycles. The average Bonchev–Trinajstić information content (AvgIpc) is 2.40. The van der Waals surface area contributed by atoms with Crippen LogP contribution in [0.1, 0.15) is 0 Å². The number of benzene rings is 2. The minimum absolute atomic E-state index is 0. The molecule has 0 aliphatic heterocycles. The first kappa shape index (κ1) is 15.4. The van der Waals surface area contributed by atoms with E-state index >= 15 is 0 Å². The van der Waals surface area contributed by atoms with Crippen molar-refractivity contribution in [3.63, 3.8) is 0 Å². The van der Waals surface area contributed by atoms with Gasteiger partial charge < -0.3 is 0 Å². The molecule has 90 valence electrons. The van der Waals surface area contributed by atoms with Crippen LogP contribution >= 0.6 is 0 Å². The topological polar surface area (TPSA) is 69.4 Å². The fraction of sp³-hybridized carbons (Fsp3) is 0. The van der Waals surface area contributed by atoms with E-state index in [0.717, 1.165) is 5.56 Å². The van der Waals surface area contributed by atoms with Crippen LogP contribution in [0.15, 0.2) is 59.5 Å². The van der Waals surface area contributed by atoms with Gasteiger partial charge in [-0.05, 0) is 11.6 Å². The van der Waals surface area contributed by atoms with Gasteiger partial charge in [0.25, 0.3) is 0 Å². The summed E-state index contributed by atoms with van der Waals surface area (Å²) in [5.41, 5.74) is 1.36. The van der Waals surface area contributed by atoms with Gasteiger partial charge in [-0.25, -0.2) is 0 Å². The van der Waals surface area contributed by atoms with Crippen LogP contribution < -0.4 is 5.90 Å². The molecule has 2 N–H and O–H groups in total. The van der Waals surface area contributed by atoms with E-state index in [4.69, 9.17) is 5.90 Å². The van der Waals surface area contributed by atoms with Crippen LogP contribution in [0, 0.1) is 0 Å². The molecule has 0 radical (unpaired) electrons. The summed E-state index contributed by atoms with van der Waals surface area (Å²) in [6.07, 6.45) is 0. The molecule has 2 rings (SSSR count). The summed E-state index contributed by atoms with van der Waals surface area (Å²) in [7, 11) is -3.90. The Hall–Kier alpha value is -0.690. The van der Waals surface area contributed by atoms with E-state index in [2.05, 4.69) is 4.28 Å². The Morgan fingerprint density at radius 2 is 1.44 bits per heavy atom. The van der Waals surface area contributed by atoms with E-state index in [1.165, 1.54) is 6.07 Å². The number of rotatable bonds is 3. The van der Waals surface area contributed by atoms with Gasteiger partial charge in [0, 0.05) is 5.56 Å². The molecule has 4 nitrogen and oxygen atoms in total. The molecule has 6 heteroatoms. The summed E-state index contributed by atoms with van der Waals surface area (Å²) in [4.78, 5) is 0.0636. The minimum atomic E-state index is -3.90. The molecule has 0 aliphatic rings. The second-order valence-electron chi connectivity index (χ2n) is 3.41. The van der Waals surface area contributed by atoms with Gasteiger partial charge in [0.05, 0.1) is 0 Å². The van der Waals surface area contributed by atoms with Gasteiger partial charge in [-0.3, -0.25) is 0 Å². The molecule has 0 heterocycles. The molecule has 0 spiro atoms. The first-order valence-electron chi connectivity index (χ1n) is 4.93. The van der Waals surface area contributed by atoms with Gasteiger partial charge in [-0.1, -0.05) is 48.5 Å². The van der Waals surface area contributed by atoms with Crippen molar-refractivity contribution in [2.24, 2.45) is 5.90 Å². The molecule has 0 saturated heterocycles. The summed E-state index contributed by atoms with van der Waals surface area (Å²) in [5, 5.41) is 0. The predicted molar refractivity (Wildman–Crippen MR) is 71.5 cm³/mol. The van der Waals surface area contributed by atoms with Crippen LogP contribution in [-0.2, 0) is 14.4 Å². The molecule has 2 aromatic rings. The second-order valence-corrected chi connectivity index (χ2v) is 4.95. The molecule has 0 fully saturated rings. The van der Waals surface area contributed by atoms with Crippen molar-refractivity contribution in [3.8, 4) is 11.1 Å². The Kier molecular flexibility index (Phi) is 5.52. The van der Waals surface area contributed by atoms with E-state index in [1.54, 1.807) is 18.2 Å². The number of hydrogen-bond donors (Lipinski definition) is 1. The normalized spacial score (nSPS) is 10.7. The summed E-state index contributed by atoms with van der Waals surface area (Å²) in [6.45, 7) is 0. The monoisotopic (exact) mass is 273 g/mol. The van der Waals surface area contributed by atoms with Gasteiger partial charge in [-0.2, -0.15) is 18.6 Å². The molecule has 18 heavy (non-hydrogen) atoms. The van der Waals surface area contributed by atoms with Crippen molar-refractivity contribution in [2.75, 3.05) is 0 Å². The third-order valence-corrected chi connectivity index (χ3v) is 3.52. The van der Waals surface area contributed by atoms with E-state index in [-0.39, 0.29) is 34.5 Å². The molecule has 0 unspecified atom stereocenters. The van der Waals surface area contributed by atoms with Crippen LogP contribution in [0.4, 0.5) is 0 Å². The van der Waals surface area contributed by atoms with Crippen LogP contribution in [0.2, 0.25) is 0 Å². The number of nitrogens with two attached hydrogens (primary N) is 1. The second kappa shape index (κ2) is 6.47. The van der Waals surface area contributed by atoms with Crippen LogP contribution in [-0.4, -0.2) is 38.0 Å². The third-order valence-electron chi connectivity index (χ3n) is 2.37. The maximum atomic E-state index is 11.6. The Labute approximate surface area is 128 Å². The van der Waals surface area contributed by atoms with Gasteiger partial charge >= 0.3 is 39.7 Å². The van der Waals surface area contributed by atoms with Crippen molar-refractivity contribution in [3.05, 3.63) is 54.6 Å². The van der Waals surface area contributed by atoms with E-state index in [1.807, 2.05) is 30.3 Å². The molecule has 0 aliphatic carbocycles. The molecule has 0 amide bonds. The zero-order valence-corrected chi connectivity index (χ0v) is 9.72. The summed E-state index contributed by atoms with van der Waals surface area (Å²) >= 11 is 0. The maximum absolute atomic E-state index is 11.6. The number of hydrogen-bond acceptors (Lipinski definition) is 4. The summed E-state index contributed by atoms with van der Waals surface area (Å²) < 4.78 is 27.4. The van der Waals surface area contributed by atoms with Crippen molar-refractivity contribution < 1.29 is 12.7 Å². The zero-order valence-electron chi connectivity index (χ0n) is 8.91. The van der Waals surface area contributed by atoms with E-state index in [0.29, 0.717) is 5.56 Å². The molecule has 0 atom stereocenters. The Bertz CT molecular complexity index is 614. The van der Waals surface area contributed by atoms with Crippen molar-refractivity contribution >= 4 is 39.7 Å². The molecule has 0 saturated carbocycles. The summed E-state index contributed by atoms with van der Waals surface area (Å²) in [5.74, 6) is 4.80. The van der Waals surface area contributed by atoms with E-state index in [9.17, 15) is 8.42 Å². The predicted octanol–water partition coefficient (Wildman–Crippen LogP) is 1.28. The molecule has 0 aromatic heterocycles. The van der Waals surface area contributed by atoms with Crippen molar-refractivity contribution in [2.45, 2.75) is 4.90 Å². The quantitative estimate of drug-likeness (QED) is 0.675. The standard InChI is InChI=1S/C12H11NO3S.Na.H/c13-16-17(14,15)12-9-5-4-8-11(12)10-6-2-1-3-7-10;;/h1-9H,13H2;;. The van der Waals surface area contributed by atoms with Gasteiger partial charge in [0.1, 0.15) is 4.90 Å². The molecular weight excluding hydrogens is 261 g/mol. The van der Waals surface area contributed by atoms with Gasteiger partial charge in [0.15, 0.2) is 0 Å². The Morgan fingerprint density at radius 1 is 0.889 bits per heavy atom. The van der Waals surface area contributed by atoms with E-state index < -0.39 is 10.1 Å². The van der Waals surface area contributed by atoms with Crippen LogP contribution in [0.5, 0.6) is 0 Å². The third kappa shape index (κ3) is 3.20. The molecular formula is C12H12NNaO3S. The Balaban J connectivity index is 0.00000162. The SMILES string of the molecule is NOS(=O)(=O)c1ccccc1-c1ccccc1.[NaH]. The van der Waals surface area contributed by atoms with Crippen LogP contribution in [0.3, 0.4) is 0 Å². The first-order valence-corrected chi connectivity index (χ1v) is 6.34. The van der Waals surface area contributed by atoms with Crippen molar-refractivity contribution in [1.82, 2.24) is 0 Å². The fourth-order valence-electron chi connectivity index (χ4n) is 1.59. The summed E-state index contributed by atoms with van der Waals surface area (Å²) in [6, 6.07) is 15.7. The Morgan fingerprint density at radius 3 is 2.06 bits per heavy atom.